The molecule has 0 fully saturated rings. The lowest BCUT2D eigenvalue weighted by Crippen LogP contribution is -2.21. The molecule has 0 aliphatic carbocycles. The maximum atomic E-state index is 12.5. The molecule has 5 nitrogen and oxygen atoms in total. The highest BCUT2D eigenvalue weighted by molar-refractivity contribution is 9.10. The molecule has 0 radical (unpaired) electrons. The van der Waals surface area contributed by atoms with Crippen LogP contribution in [-0.2, 0) is 13.2 Å². The van der Waals surface area contributed by atoms with Crippen LogP contribution in [0.2, 0.25) is 0 Å². The first-order valence-corrected chi connectivity index (χ1v) is 8.72. The van der Waals surface area contributed by atoms with Crippen LogP contribution in [0.15, 0.2) is 76.1 Å². The fourth-order valence-electron chi connectivity index (χ4n) is 2.50. The Balaban J connectivity index is 1.78. The fraction of sp³-hybridized carbons (Fsp3) is 0.100. The fourth-order valence-corrected chi connectivity index (χ4v) is 2.98. The number of hydrogen-bond donors (Lipinski definition) is 1. The van der Waals surface area contributed by atoms with E-state index in [2.05, 4.69) is 15.9 Å². The van der Waals surface area contributed by atoms with Crippen molar-refractivity contribution in [3.05, 3.63) is 98.4 Å². The van der Waals surface area contributed by atoms with Crippen molar-refractivity contribution in [3.63, 3.8) is 0 Å². The lowest BCUT2D eigenvalue weighted by atomic mass is 10.1. The SMILES string of the molecule is O=C(O)c1cccc(Cn2ccc(OCc3ccccc3)c(Br)c2=O)c1. The van der Waals surface area contributed by atoms with Gasteiger partial charge in [-0.05, 0) is 45.3 Å². The Hall–Kier alpha value is -2.86. The van der Waals surface area contributed by atoms with Crippen molar-refractivity contribution >= 4 is 21.9 Å². The third-order valence-electron chi connectivity index (χ3n) is 3.83. The summed E-state index contributed by atoms with van der Waals surface area (Å²) in [6.45, 7) is 0.640. The molecule has 0 unspecified atom stereocenters. The molecule has 0 spiro atoms. The van der Waals surface area contributed by atoms with Crippen LogP contribution in [0.4, 0.5) is 0 Å². The van der Waals surface area contributed by atoms with Crippen LogP contribution in [0.1, 0.15) is 21.5 Å². The minimum absolute atomic E-state index is 0.192. The van der Waals surface area contributed by atoms with Crippen molar-refractivity contribution in [1.82, 2.24) is 4.57 Å². The van der Waals surface area contributed by atoms with Crippen LogP contribution >= 0.6 is 15.9 Å². The highest BCUT2D eigenvalue weighted by atomic mass is 79.9. The molecular weight excluding hydrogens is 398 g/mol. The lowest BCUT2D eigenvalue weighted by Gasteiger charge is -2.11. The van der Waals surface area contributed by atoms with Gasteiger partial charge in [0, 0.05) is 6.20 Å². The number of carboxylic acids is 1. The largest absolute Gasteiger partial charge is 0.487 e. The Morgan fingerprint density at radius 2 is 1.77 bits per heavy atom. The van der Waals surface area contributed by atoms with E-state index in [1.165, 1.54) is 10.6 Å². The monoisotopic (exact) mass is 413 g/mol. The van der Waals surface area contributed by atoms with Crippen molar-refractivity contribution in [3.8, 4) is 5.75 Å². The number of benzene rings is 2. The number of hydrogen-bond acceptors (Lipinski definition) is 3. The Bertz CT molecular complexity index is 983. The van der Waals surface area contributed by atoms with E-state index in [9.17, 15) is 9.59 Å². The molecule has 0 saturated heterocycles. The molecule has 1 N–H and O–H groups in total. The van der Waals surface area contributed by atoms with Crippen LogP contribution in [-0.4, -0.2) is 15.6 Å². The zero-order valence-corrected chi connectivity index (χ0v) is 15.3. The molecule has 3 aromatic rings. The summed E-state index contributed by atoms with van der Waals surface area (Å²) in [4.78, 5) is 23.6. The van der Waals surface area contributed by atoms with Gasteiger partial charge in [-0.2, -0.15) is 0 Å². The van der Waals surface area contributed by atoms with Crippen LogP contribution < -0.4 is 10.3 Å². The summed E-state index contributed by atoms with van der Waals surface area (Å²) in [5.74, 6) is -0.528. The average molecular weight is 414 g/mol. The van der Waals surface area contributed by atoms with Gasteiger partial charge in [-0.15, -0.1) is 0 Å². The molecule has 3 rings (SSSR count). The number of ether oxygens (including phenoxy) is 1. The van der Waals surface area contributed by atoms with Crippen molar-refractivity contribution in [2.75, 3.05) is 0 Å². The third-order valence-corrected chi connectivity index (χ3v) is 4.56. The van der Waals surface area contributed by atoms with Gasteiger partial charge < -0.3 is 14.4 Å². The van der Waals surface area contributed by atoms with Crippen molar-refractivity contribution in [1.29, 1.82) is 0 Å². The predicted octanol–water partition coefficient (Wildman–Crippen LogP) is 3.94. The first kappa shape index (κ1) is 17.9. The summed E-state index contributed by atoms with van der Waals surface area (Å²) >= 11 is 3.30. The molecule has 0 bridgehead atoms. The second-order valence-electron chi connectivity index (χ2n) is 5.71. The second kappa shape index (κ2) is 8.01. The molecule has 0 atom stereocenters. The number of carbonyl (C=O) groups is 1. The first-order valence-electron chi connectivity index (χ1n) is 7.92. The molecule has 2 aromatic carbocycles. The number of nitrogens with zero attached hydrogens (tertiary/aromatic N) is 1. The van der Waals surface area contributed by atoms with Crippen LogP contribution in [0, 0.1) is 0 Å². The van der Waals surface area contributed by atoms with Crippen LogP contribution in [0.3, 0.4) is 0 Å². The summed E-state index contributed by atoms with van der Waals surface area (Å²) in [6, 6.07) is 17.9. The number of halogens is 1. The van der Waals surface area contributed by atoms with E-state index >= 15 is 0 Å². The van der Waals surface area contributed by atoms with E-state index in [-0.39, 0.29) is 17.7 Å². The molecule has 1 aromatic heterocycles. The van der Waals surface area contributed by atoms with E-state index in [4.69, 9.17) is 9.84 Å². The van der Waals surface area contributed by atoms with Gasteiger partial charge in [0.05, 0.1) is 12.1 Å². The van der Waals surface area contributed by atoms with Crippen molar-refractivity contribution < 1.29 is 14.6 Å². The highest BCUT2D eigenvalue weighted by Gasteiger charge is 2.10. The van der Waals surface area contributed by atoms with Gasteiger partial charge in [0.2, 0.25) is 0 Å². The second-order valence-corrected chi connectivity index (χ2v) is 6.50. The van der Waals surface area contributed by atoms with Crippen LogP contribution in [0.25, 0.3) is 0 Å². The lowest BCUT2D eigenvalue weighted by molar-refractivity contribution is 0.0696. The number of carboxylic acid groups (broad SMARTS) is 1. The molecule has 0 aliphatic rings. The predicted molar refractivity (Wildman–Crippen MR) is 102 cm³/mol. The molecule has 6 heteroatoms. The van der Waals surface area contributed by atoms with Gasteiger partial charge in [-0.3, -0.25) is 4.79 Å². The molecule has 26 heavy (non-hydrogen) atoms. The van der Waals surface area contributed by atoms with E-state index in [1.807, 2.05) is 30.3 Å². The van der Waals surface area contributed by atoms with Gasteiger partial charge in [-0.1, -0.05) is 42.5 Å². The number of rotatable bonds is 6. The molecule has 0 amide bonds. The zero-order valence-electron chi connectivity index (χ0n) is 13.8. The molecule has 132 valence electrons. The maximum Gasteiger partial charge on any atom is 0.335 e. The van der Waals surface area contributed by atoms with Gasteiger partial charge in [0.25, 0.3) is 5.56 Å². The van der Waals surface area contributed by atoms with E-state index in [0.29, 0.717) is 16.8 Å². The Labute approximate surface area is 158 Å². The standard InChI is InChI=1S/C20H16BrNO4/c21-18-17(26-13-14-5-2-1-3-6-14)9-10-22(19(18)23)12-15-7-4-8-16(11-15)20(24)25/h1-11H,12-13H2,(H,24,25). The summed E-state index contributed by atoms with van der Waals surface area (Å²) in [7, 11) is 0. The summed E-state index contributed by atoms with van der Waals surface area (Å²) in [5, 5.41) is 9.07. The van der Waals surface area contributed by atoms with Crippen molar-refractivity contribution in [2.45, 2.75) is 13.2 Å². The smallest absolute Gasteiger partial charge is 0.335 e. The number of pyridine rings is 1. The quantitative estimate of drug-likeness (QED) is 0.664. The normalized spacial score (nSPS) is 10.5. The zero-order chi connectivity index (χ0) is 18.5. The Kier molecular flexibility index (Phi) is 5.53. The van der Waals surface area contributed by atoms with E-state index < -0.39 is 5.97 Å². The molecule has 1 heterocycles. The summed E-state index contributed by atoms with van der Waals surface area (Å²) < 4.78 is 7.56. The van der Waals surface area contributed by atoms with E-state index in [0.717, 1.165) is 11.1 Å². The number of aromatic nitrogens is 1. The molecular formula is C20H16BrNO4. The number of aromatic carboxylic acids is 1. The van der Waals surface area contributed by atoms with Gasteiger partial charge in [0.15, 0.2) is 0 Å². The van der Waals surface area contributed by atoms with Gasteiger partial charge >= 0.3 is 5.97 Å². The topological polar surface area (TPSA) is 68.5 Å². The minimum Gasteiger partial charge on any atom is -0.487 e. The average Bonchev–Trinajstić information content (AvgIpc) is 2.66. The van der Waals surface area contributed by atoms with Gasteiger partial charge in [-0.25, -0.2) is 4.79 Å². The minimum atomic E-state index is -0.995. The maximum absolute atomic E-state index is 12.5. The third kappa shape index (κ3) is 4.21. The summed E-state index contributed by atoms with van der Waals surface area (Å²) in [6.07, 6.45) is 1.64. The molecule has 0 saturated carbocycles. The van der Waals surface area contributed by atoms with Crippen molar-refractivity contribution in [2.24, 2.45) is 0 Å². The summed E-state index contributed by atoms with van der Waals surface area (Å²) in [5.41, 5.74) is 1.69. The Morgan fingerprint density at radius 1 is 1.04 bits per heavy atom. The first-order chi connectivity index (χ1) is 12.5. The van der Waals surface area contributed by atoms with E-state index in [1.54, 1.807) is 30.5 Å². The van der Waals surface area contributed by atoms with Crippen LogP contribution in [0.5, 0.6) is 5.75 Å². The van der Waals surface area contributed by atoms with Gasteiger partial charge in [0.1, 0.15) is 16.8 Å². The highest BCUT2D eigenvalue weighted by Crippen LogP contribution is 2.22. The molecule has 0 aliphatic heterocycles. The Morgan fingerprint density at radius 3 is 2.50 bits per heavy atom.